The van der Waals surface area contributed by atoms with Crippen molar-refractivity contribution in [1.82, 2.24) is 9.78 Å². The molecule has 7 heteroatoms. The van der Waals surface area contributed by atoms with E-state index >= 15 is 0 Å². The third-order valence-electron chi connectivity index (χ3n) is 2.20. The lowest BCUT2D eigenvalue weighted by molar-refractivity contribution is 0.273. The van der Waals surface area contributed by atoms with Crippen LogP contribution in [0.4, 0.5) is 14.6 Å². The van der Waals surface area contributed by atoms with Crippen LogP contribution in [0.15, 0.2) is 28.9 Å². The van der Waals surface area contributed by atoms with Crippen LogP contribution in [0.25, 0.3) is 0 Å². The second-order valence-corrected chi connectivity index (χ2v) is 4.47. The van der Waals surface area contributed by atoms with Gasteiger partial charge in [-0.15, -0.1) is 0 Å². The van der Waals surface area contributed by atoms with E-state index < -0.39 is 11.6 Å². The molecule has 0 saturated carbocycles. The van der Waals surface area contributed by atoms with Crippen LogP contribution in [-0.4, -0.2) is 16.4 Å². The quantitative estimate of drug-likeness (QED) is 0.882. The summed E-state index contributed by atoms with van der Waals surface area (Å²) in [5.41, 5.74) is 5.44. The van der Waals surface area contributed by atoms with Gasteiger partial charge in [-0.3, -0.25) is 4.68 Å². The standard InChI is InChI=1S/C11H10BrF2N3O/c12-7-5-8(13)11(14)9(6-7)18-4-3-17-2-1-10(15)16-17/h1-2,5-6H,3-4H2,(H2,15,16). The summed E-state index contributed by atoms with van der Waals surface area (Å²) in [4.78, 5) is 0. The van der Waals surface area contributed by atoms with Crippen molar-refractivity contribution < 1.29 is 13.5 Å². The van der Waals surface area contributed by atoms with Crippen molar-refractivity contribution in [1.29, 1.82) is 0 Å². The van der Waals surface area contributed by atoms with E-state index in [-0.39, 0.29) is 12.4 Å². The molecule has 1 aromatic carbocycles. The molecule has 0 saturated heterocycles. The maximum Gasteiger partial charge on any atom is 0.200 e. The van der Waals surface area contributed by atoms with Gasteiger partial charge in [0.15, 0.2) is 11.6 Å². The molecule has 1 heterocycles. The summed E-state index contributed by atoms with van der Waals surface area (Å²) in [7, 11) is 0. The lowest BCUT2D eigenvalue weighted by Crippen LogP contribution is -2.10. The van der Waals surface area contributed by atoms with Crippen LogP contribution in [0.1, 0.15) is 0 Å². The first-order chi connectivity index (χ1) is 8.56. The Bertz CT molecular complexity index is 559. The third-order valence-corrected chi connectivity index (χ3v) is 2.66. The highest BCUT2D eigenvalue weighted by molar-refractivity contribution is 9.10. The number of aromatic nitrogens is 2. The Morgan fingerprint density at radius 2 is 2.17 bits per heavy atom. The van der Waals surface area contributed by atoms with E-state index in [1.807, 2.05) is 0 Å². The summed E-state index contributed by atoms with van der Waals surface area (Å²) in [6.07, 6.45) is 1.68. The van der Waals surface area contributed by atoms with E-state index in [4.69, 9.17) is 10.5 Å². The predicted octanol–water partition coefficient (Wildman–Crippen LogP) is 2.59. The smallest absolute Gasteiger partial charge is 0.200 e. The van der Waals surface area contributed by atoms with Gasteiger partial charge in [-0.05, 0) is 18.2 Å². The number of halogens is 3. The molecule has 0 aliphatic heterocycles. The van der Waals surface area contributed by atoms with Gasteiger partial charge >= 0.3 is 0 Å². The summed E-state index contributed by atoms with van der Waals surface area (Å²) in [6, 6.07) is 4.05. The molecule has 2 aromatic rings. The fraction of sp³-hybridized carbons (Fsp3) is 0.182. The van der Waals surface area contributed by atoms with Gasteiger partial charge in [0.05, 0.1) is 6.54 Å². The number of nitrogens with zero attached hydrogens (tertiary/aromatic N) is 2. The number of hydrogen-bond donors (Lipinski definition) is 1. The minimum atomic E-state index is -1.00. The molecule has 0 amide bonds. The Balaban J connectivity index is 1.98. The Morgan fingerprint density at radius 1 is 1.39 bits per heavy atom. The highest BCUT2D eigenvalue weighted by Gasteiger charge is 2.11. The van der Waals surface area contributed by atoms with Crippen LogP contribution < -0.4 is 10.5 Å². The topological polar surface area (TPSA) is 53.1 Å². The number of benzene rings is 1. The molecule has 0 unspecified atom stereocenters. The Labute approximate surface area is 110 Å². The van der Waals surface area contributed by atoms with Crippen LogP contribution in [0, 0.1) is 11.6 Å². The van der Waals surface area contributed by atoms with Crippen molar-refractivity contribution in [3.8, 4) is 5.75 Å². The fourth-order valence-electron chi connectivity index (χ4n) is 1.39. The Morgan fingerprint density at radius 3 is 2.83 bits per heavy atom. The van der Waals surface area contributed by atoms with Crippen LogP contribution in [0.2, 0.25) is 0 Å². The highest BCUT2D eigenvalue weighted by atomic mass is 79.9. The molecule has 0 fully saturated rings. The van der Waals surface area contributed by atoms with Gasteiger partial charge in [-0.25, -0.2) is 4.39 Å². The summed E-state index contributed by atoms with van der Waals surface area (Å²) in [5, 5.41) is 3.94. The van der Waals surface area contributed by atoms with Gasteiger partial charge in [-0.2, -0.15) is 9.49 Å². The number of hydrogen-bond acceptors (Lipinski definition) is 3. The van der Waals surface area contributed by atoms with Gasteiger partial charge in [0.25, 0.3) is 0 Å². The Hall–Kier alpha value is -1.63. The van der Waals surface area contributed by atoms with Gasteiger partial charge in [-0.1, -0.05) is 15.9 Å². The van der Waals surface area contributed by atoms with Crippen molar-refractivity contribution in [2.24, 2.45) is 0 Å². The van der Waals surface area contributed by atoms with Crippen molar-refractivity contribution in [2.75, 3.05) is 12.3 Å². The molecule has 0 spiro atoms. The summed E-state index contributed by atoms with van der Waals surface area (Å²) >= 11 is 3.07. The molecule has 0 atom stereocenters. The first-order valence-corrected chi connectivity index (χ1v) is 5.92. The lowest BCUT2D eigenvalue weighted by Gasteiger charge is -2.08. The fourth-order valence-corrected chi connectivity index (χ4v) is 1.80. The maximum atomic E-state index is 13.3. The van der Waals surface area contributed by atoms with E-state index in [2.05, 4.69) is 21.0 Å². The summed E-state index contributed by atoms with van der Waals surface area (Å²) < 4.78 is 33.6. The molecular formula is C11H10BrF2N3O. The van der Waals surface area contributed by atoms with Gasteiger partial charge in [0.1, 0.15) is 12.4 Å². The zero-order valence-electron chi connectivity index (χ0n) is 9.24. The molecular weight excluding hydrogens is 308 g/mol. The Kier molecular flexibility index (Phi) is 3.81. The van der Waals surface area contributed by atoms with Crippen LogP contribution >= 0.6 is 15.9 Å². The number of rotatable bonds is 4. The number of nitrogens with two attached hydrogens (primary N) is 1. The molecule has 0 radical (unpaired) electrons. The molecule has 2 rings (SSSR count). The summed E-state index contributed by atoms with van der Waals surface area (Å²) in [5.74, 6) is -1.70. The van der Waals surface area contributed by atoms with Crippen molar-refractivity contribution in [2.45, 2.75) is 6.54 Å². The SMILES string of the molecule is Nc1ccn(CCOc2cc(Br)cc(F)c2F)n1. The molecule has 96 valence electrons. The van der Waals surface area contributed by atoms with Crippen LogP contribution in [0.3, 0.4) is 0 Å². The third kappa shape index (κ3) is 2.98. The minimum absolute atomic E-state index is 0.137. The van der Waals surface area contributed by atoms with Gasteiger partial charge in [0, 0.05) is 10.7 Å². The second kappa shape index (κ2) is 5.34. The van der Waals surface area contributed by atoms with Crippen molar-refractivity contribution >= 4 is 21.7 Å². The molecule has 0 bridgehead atoms. The molecule has 1 aromatic heterocycles. The zero-order chi connectivity index (χ0) is 13.1. The minimum Gasteiger partial charge on any atom is -0.488 e. The first kappa shape index (κ1) is 12.8. The van der Waals surface area contributed by atoms with E-state index in [1.54, 1.807) is 16.9 Å². The predicted molar refractivity (Wildman–Crippen MR) is 66.2 cm³/mol. The van der Waals surface area contributed by atoms with Crippen molar-refractivity contribution in [3.63, 3.8) is 0 Å². The lowest BCUT2D eigenvalue weighted by atomic mass is 10.3. The molecule has 4 nitrogen and oxygen atoms in total. The molecule has 2 N–H and O–H groups in total. The van der Waals surface area contributed by atoms with Gasteiger partial charge in [0.2, 0.25) is 5.82 Å². The van der Waals surface area contributed by atoms with Gasteiger partial charge < -0.3 is 10.5 Å². The van der Waals surface area contributed by atoms with Crippen molar-refractivity contribution in [3.05, 3.63) is 40.5 Å². The van der Waals surface area contributed by atoms with E-state index in [9.17, 15) is 8.78 Å². The normalized spacial score (nSPS) is 10.6. The number of ether oxygens (including phenoxy) is 1. The second-order valence-electron chi connectivity index (χ2n) is 3.55. The zero-order valence-corrected chi connectivity index (χ0v) is 10.8. The van der Waals surface area contributed by atoms with E-state index in [1.165, 1.54) is 6.07 Å². The summed E-state index contributed by atoms with van der Waals surface area (Å²) in [6.45, 7) is 0.554. The maximum absolute atomic E-state index is 13.3. The van der Waals surface area contributed by atoms with E-state index in [0.717, 1.165) is 6.07 Å². The van der Waals surface area contributed by atoms with Crippen LogP contribution in [0.5, 0.6) is 5.75 Å². The monoisotopic (exact) mass is 317 g/mol. The molecule has 0 aliphatic carbocycles. The molecule has 0 aliphatic rings. The first-order valence-electron chi connectivity index (χ1n) is 5.12. The average molecular weight is 318 g/mol. The highest BCUT2D eigenvalue weighted by Crippen LogP contribution is 2.25. The van der Waals surface area contributed by atoms with E-state index in [0.29, 0.717) is 16.8 Å². The molecule has 18 heavy (non-hydrogen) atoms. The average Bonchev–Trinajstić information content (AvgIpc) is 2.71. The van der Waals surface area contributed by atoms with Crippen LogP contribution in [-0.2, 0) is 6.54 Å². The number of nitrogen functional groups attached to an aromatic ring is 1. The number of anilines is 1. The largest absolute Gasteiger partial charge is 0.488 e.